The lowest BCUT2D eigenvalue weighted by Gasteiger charge is -2.15. The molecule has 0 atom stereocenters. The number of carbonyl (C=O) groups is 1. The van der Waals surface area contributed by atoms with Crippen LogP contribution in [0.3, 0.4) is 0 Å². The molecular weight excluding hydrogens is 352 g/mol. The van der Waals surface area contributed by atoms with Crippen molar-refractivity contribution < 1.29 is 4.79 Å². The van der Waals surface area contributed by atoms with Crippen LogP contribution in [0.5, 0.6) is 0 Å². The Hall–Kier alpha value is -2.12. The molecule has 1 saturated carbocycles. The highest BCUT2D eigenvalue weighted by atomic mass is 32.2. The van der Waals surface area contributed by atoms with Crippen LogP contribution in [-0.4, -0.2) is 25.4 Å². The Kier molecular flexibility index (Phi) is 4.35. The van der Waals surface area contributed by atoms with Crippen LogP contribution in [0.4, 0.5) is 5.69 Å². The molecule has 2 heterocycles. The summed E-state index contributed by atoms with van der Waals surface area (Å²) in [6.45, 7) is 2.85. The van der Waals surface area contributed by atoms with E-state index in [1.54, 1.807) is 11.3 Å². The Morgan fingerprint density at radius 2 is 2.04 bits per heavy atom. The second kappa shape index (κ2) is 6.65. The van der Waals surface area contributed by atoms with Crippen LogP contribution in [0.15, 0.2) is 53.0 Å². The predicted molar refractivity (Wildman–Crippen MR) is 102 cm³/mol. The highest BCUT2D eigenvalue weighted by Crippen LogP contribution is 2.52. The highest BCUT2D eigenvalue weighted by Gasteiger charge is 2.52. The molecule has 5 nitrogen and oxygen atoms in total. The summed E-state index contributed by atoms with van der Waals surface area (Å²) in [5, 5.41) is 14.6. The fraction of sp³-hybridized carbons (Fsp3) is 0.278. The van der Waals surface area contributed by atoms with Crippen LogP contribution in [0.25, 0.3) is 10.7 Å². The molecular formula is C18H18N4OS2. The van der Waals surface area contributed by atoms with Gasteiger partial charge in [-0.2, -0.15) is 0 Å². The molecule has 1 fully saturated rings. The lowest BCUT2D eigenvalue weighted by Crippen LogP contribution is -2.27. The van der Waals surface area contributed by atoms with Crippen LogP contribution >= 0.6 is 23.1 Å². The number of aromatic nitrogens is 3. The fourth-order valence-corrected chi connectivity index (χ4v) is 4.59. The number of anilines is 1. The molecule has 1 aliphatic rings. The van der Waals surface area contributed by atoms with Crippen molar-refractivity contribution in [2.75, 3.05) is 5.32 Å². The van der Waals surface area contributed by atoms with Gasteiger partial charge in [0.25, 0.3) is 0 Å². The van der Waals surface area contributed by atoms with Crippen molar-refractivity contribution >= 4 is 34.7 Å². The van der Waals surface area contributed by atoms with Gasteiger partial charge in [0.15, 0.2) is 11.0 Å². The van der Waals surface area contributed by atoms with E-state index in [2.05, 4.69) is 27.0 Å². The maximum absolute atomic E-state index is 12.7. The third-order valence-corrected chi connectivity index (χ3v) is 6.55. The highest BCUT2D eigenvalue weighted by molar-refractivity contribution is 8.01. The number of amides is 1. The van der Waals surface area contributed by atoms with Crippen molar-refractivity contribution in [2.24, 2.45) is 0 Å². The Labute approximate surface area is 154 Å². The van der Waals surface area contributed by atoms with Crippen molar-refractivity contribution in [2.45, 2.75) is 36.2 Å². The van der Waals surface area contributed by atoms with E-state index in [9.17, 15) is 4.79 Å². The van der Waals surface area contributed by atoms with E-state index in [1.807, 2.05) is 47.8 Å². The van der Waals surface area contributed by atoms with Gasteiger partial charge in [-0.3, -0.25) is 4.79 Å². The first kappa shape index (κ1) is 16.4. The Balaban J connectivity index is 1.55. The summed E-state index contributed by atoms with van der Waals surface area (Å²) >= 11 is 3.18. The number of hydrogen-bond acceptors (Lipinski definition) is 5. The van der Waals surface area contributed by atoms with E-state index in [-0.39, 0.29) is 5.91 Å². The average Bonchev–Trinajstić information content (AvgIpc) is 3.05. The van der Waals surface area contributed by atoms with E-state index >= 15 is 0 Å². The number of thiophene rings is 1. The summed E-state index contributed by atoms with van der Waals surface area (Å²) < 4.78 is 1.66. The lowest BCUT2D eigenvalue weighted by atomic mass is 10.3. The molecule has 2 aromatic heterocycles. The topological polar surface area (TPSA) is 59.8 Å². The fourth-order valence-electron chi connectivity index (χ4n) is 2.67. The minimum Gasteiger partial charge on any atom is -0.325 e. The molecule has 0 radical (unpaired) electrons. The van der Waals surface area contributed by atoms with Gasteiger partial charge in [0.1, 0.15) is 4.75 Å². The van der Waals surface area contributed by atoms with Crippen molar-refractivity contribution in [3.05, 3.63) is 47.8 Å². The first-order valence-electron chi connectivity index (χ1n) is 8.24. The average molecular weight is 371 g/mol. The summed E-state index contributed by atoms with van der Waals surface area (Å²) in [5.74, 6) is 0.922. The van der Waals surface area contributed by atoms with E-state index in [0.717, 1.165) is 40.9 Å². The van der Waals surface area contributed by atoms with Gasteiger partial charge in [-0.05, 0) is 43.3 Å². The van der Waals surface area contributed by atoms with Gasteiger partial charge in [-0.25, -0.2) is 0 Å². The van der Waals surface area contributed by atoms with Crippen molar-refractivity contribution in [3.8, 4) is 10.7 Å². The molecule has 1 aromatic carbocycles. The summed E-state index contributed by atoms with van der Waals surface area (Å²) in [5.41, 5.74) is 0.829. The number of carbonyl (C=O) groups excluding carboxylic acids is 1. The third-order valence-electron chi connectivity index (χ3n) is 4.21. The SMILES string of the molecule is CCn1c(SC2(C(=O)Nc3ccccc3)CC2)nnc1-c1cccs1. The number of benzene rings is 1. The zero-order valence-corrected chi connectivity index (χ0v) is 15.4. The summed E-state index contributed by atoms with van der Waals surface area (Å²) in [6.07, 6.45) is 1.72. The maximum Gasteiger partial charge on any atom is 0.241 e. The van der Waals surface area contributed by atoms with Gasteiger partial charge < -0.3 is 9.88 Å². The van der Waals surface area contributed by atoms with Crippen LogP contribution in [0, 0.1) is 0 Å². The zero-order chi connectivity index (χ0) is 17.3. The summed E-state index contributed by atoms with van der Waals surface area (Å²) in [7, 11) is 0. The maximum atomic E-state index is 12.7. The quantitative estimate of drug-likeness (QED) is 0.703. The number of para-hydroxylation sites is 1. The molecule has 25 heavy (non-hydrogen) atoms. The molecule has 1 aliphatic carbocycles. The van der Waals surface area contributed by atoms with Crippen molar-refractivity contribution in [1.29, 1.82) is 0 Å². The molecule has 0 saturated heterocycles. The zero-order valence-electron chi connectivity index (χ0n) is 13.8. The van der Waals surface area contributed by atoms with Crippen LogP contribution in [0.1, 0.15) is 19.8 Å². The summed E-state index contributed by atoms with van der Waals surface area (Å²) in [4.78, 5) is 13.8. The first-order valence-corrected chi connectivity index (χ1v) is 9.94. The standard InChI is InChI=1S/C18H18N4OS2/c1-2-22-15(14-9-6-12-24-14)20-21-17(22)25-18(10-11-18)16(23)19-13-7-4-3-5-8-13/h3-9,12H,2,10-11H2,1H3,(H,19,23). The molecule has 128 valence electrons. The third kappa shape index (κ3) is 3.21. The monoisotopic (exact) mass is 370 g/mol. The van der Waals surface area contributed by atoms with Crippen LogP contribution < -0.4 is 5.32 Å². The van der Waals surface area contributed by atoms with Gasteiger partial charge >= 0.3 is 0 Å². The largest absolute Gasteiger partial charge is 0.325 e. The second-order valence-corrected chi connectivity index (χ2v) is 8.24. The minimum atomic E-state index is -0.428. The number of nitrogens with one attached hydrogen (secondary N) is 1. The van der Waals surface area contributed by atoms with Crippen molar-refractivity contribution in [3.63, 3.8) is 0 Å². The van der Waals surface area contributed by atoms with Gasteiger partial charge in [0.2, 0.25) is 5.91 Å². The molecule has 0 bridgehead atoms. The first-order chi connectivity index (χ1) is 12.2. The Morgan fingerprint density at radius 3 is 2.68 bits per heavy atom. The molecule has 1 amide bonds. The number of thioether (sulfide) groups is 1. The number of hydrogen-bond donors (Lipinski definition) is 1. The molecule has 0 unspecified atom stereocenters. The smallest absolute Gasteiger partial charge is 0.241 e. The van der Waals surface area contributed by atoms with Gasteiger partial charge in [-0.15, -0.1) is 21.5 Å². The van der Waals surface area contributed by atoms with Crippen LogP contribution in [0.2, 0.25) is 0 Å². The molecule has 1 N–H and O–H groups in total. The Morgan fingerprint density at radius 1 is 1.24 bits per heavy atom. The lowest BCUT2D eigenvalue weighted by molar-refractivity contribution is -0.116. The number of rotatable bonds is 6. The van der Waals surface area contributed by atoms with Gasteiger partial charge in [0, 0.05) is 12.2 Å². The molecule has 3 aromatic rings. The molecule has 4 rings (SSSR count). The normalized spacial score (nSPS) is 15.1. The van der Waals surface area contributed by atoms with Crippen molar-refractivity contribution in [1.82, 2.24) is 14.8 Å². The van der Waals surface area contributed by atoms with Gasteiger partial charge in [-0.1, -0.05) is 36.0 Å². The molecule has 0 aliphatic heterocycles. The van der Waals surface area contributed by atoms with E-state index in [1.165, 1.54) is 11.8 Å². The van der Waals surface area contributed by atoms with E-state index in [4.69, 9.17) is 0 Å². The second-order valence-electron chi connectivity index (χ2n) is 5.94. The Bertz CT molecular complexity index is 870. The molecule has 7 heteroatoms. The minimum absolute atomic E-state index is 0.0482. The summed E-state index contributed by atoms with van der Waals surface area (Å²) in [6, 6.07) is 13.6. The van der Waals surface area contributed by atoms with E-state index in [0.29, 0.717) is 0 Å². The molecule has 0 spiro atoms. The number of nitrogens with zero attached hydrogens (tertiary/aromatic N) is 3. The van der Waals surface area contributed by atoms with E-state index < -0.39 is 4.75 Å². The van der Waals surface area contributed by atoms with Gasteiger partial charge in [0.05, 0.1) is 4.88 Å². The predicted octanol–water partition coefficient (Wildman–Crippen LogP) is 4.29. The van der Waals surface area contributed by atoms with Crippen LogP contribution in [-0.2, 0) is 11.3 Å².